The molecule has 0 aromatic rings. The maximum atomic E-state index is 11.3. The van der Waals surface area contributed by atoms with Gasteiger partial charge >= 0.3 is 5.97 Å². The Hall–Kier alpha value is -0.660. The SMILES string of the molecule is CCCNS(=O)(=O)NC(C(=O)O)C(C)C. The van der Waals surface area contributed by atoms with Crippen LogP contribution >= 0.6 is 0 Å². The lowest BCUT2D eigenvalue weighted by atomic mass is 10.1. The fourth-order valence-corrected chi connectivity index (χ4v) is 2.18. The molecule has 15 heavy (non-hydrogen) atoms. The van der Waals surface area contributed by atoms with E-state index in [4.69, 9.17) is 5.11 Å². The molecule has 0 amide bonds. The maximum Gasteiger partial charge on any atom is 0.322 e. The average molecular weight is 238 g/mol. The average Bonchev–Trinajstić information content (AvgIpc) is 2.10. The lowest BCUT2D eigenvalue weighted by Crippen LogP contribution is -2.49. The van der Waals surface area contributed by atoms with Crippen molar-refractivity contribution in [1.29, 1.82) is 0 Å². The van der Waals surface area contributed by atoms with Gasteiger partial charge in [-0.15, -0.1) is 0 Å². The Morgan fingerprint density at radius 2 is 1.93 bits per heavy atom. The van der Waals surface area contributed by atoms with Crippen molar-refractivity contribution < 1.29 is 18.3 Å². The number of rotatable bonds is 7. The number of carboxylic acids is 1. The van der Waals surface area contributed by atoms with E-state index in [2.05, 4.69) is 9.44 Å². The minimum atomic E-state index is -3.71. The molecule has 0 heterocycles. The van der Waals surface area contributed by atoms with Gasteiger partial charge in [-0.05, 0) is 12.3 Å². The molecule has 0 aromatic carbocycles. The first kappa shape index (κ1) is 14.3. The monoisotopic (exact) mass is 238 g/mol. The summed E-state index contributed by atoms with van der Waals surface area (Å²) in [6.45, 7) is 5.39. The van der Waals surface area contributed by atoms with Crippen LogP contribution in [0.15, 0.2) is 0 Å². The molecular weight excluding hydrogens is 220 g/mol. The highest BCUT2D eigenvalue weighted by atomic mass is 32.2. The van der Waals surface area contributed by atoms with Gasteiger partial charge < -0.3 is 5.11 Å². The van der Waals surface area contributed by atoms with Crippen molar-refractivity contribution in [2.45, 2.75) is 33.2 Å². The fraction of sp³-hybridized carbons (Fsp3) is 0.875. The zero-order chi connectivity index (χ0) is 12.1. The van der Waals surface area contributed by atoms with Gasteiger partial charge in [-0.1, -0.05) is 20.8 Å². The van der Waals surface area contributed by atoms with E-state index in [1.54, 1.807) is 13.8 Å². The molecule has 0 saturated carbocycles. The molecular formula is C8H18N2O4S. The van der Waals surface area contributed by atoms with E-state index in [0.29, 0.717) is 13.0 Å². The van der Waals surface area contributed by atoms with Crippen LogP contribution in [0.5, 0.6) is 0 Å². The summed E-state index contributed by atoms with van der Waals surface area (Å²) in [6, 6.07) is -1.10. The second-order valence-corrected chi connectivity index (χ2v) is 5.11. The molecule has 0 fully saturated rings. The minimum absolute atomic E-state index is 0.291. The molecule has 0 spiro atoms. The fourth-order valence-electron chi connectivity index (χ4n) is 0.917. The Labute approximate surface area is 90.2 Å². The van der Waals surface area contributed by atoms with Gasteiger partial charge in [-0.25, -0.2) is 4.72 Å². The van der Waals surface area contributed by atoms with Gasteiger partial charge in [0.2, 0.25) is 0 Å². The van der Waals surface area contributed by atoms with Crippen molar-refractivity contribution >= 4 is 16.2 Å². The summed E-state index contributed by atoms with van der Waals surface area (Å²) in [7, 11) is -3.71. The molecule has 1 atom stereocenters. The van der Waals surface area contributed by atoms with Crippen LogP contribution in [0.2, 0.25) is 0 Å². The number of aliphatic carboxylic acids is 1. The first-order valence-corrected chi connectivity index (χ1v) is 6.28. The highest BCUT2D eigenvalue weighted by Gasteiger charge is 2.26. The second-order valence-electron chi connectivity index (χ2n) is 3.58. The van der Waals surface area contributed by atoms with Gasteiger partial charge in [0.25, 0.3) is 10.2 Å². The summed E-state index contributed by atoms with van der Waals surface area (Å²) in [5.41, 5.74) is 0. The number of hydrogen-bond acceptors (Lipinski definition) is 3. The Bertz CT molecular complexity index is 300. The third-order valence-electron chi connectivity index (χ3n) is 1.76. The minimum Gasteiger partial charge on any atom is -0.480 e. The molecule has 1 unspecified atom stereocenters. The van der Waals surface area contributed by atoms with Gasteiger partial charge in [-0.3, -0.25) is 4.79 Å². The summed E-state index contributed by atoms with van der Waals surface area (Å²) in [5, 5.41) is 8.78. The van der Waals surface area contributed by atoms with E-state index in [-0.39, 0.29) is 5.92 Å². The van der Waals surface area contributed by atoms with Crippen LogP contribution in [0.3, 0.4) is 0 Å². The van der Waals surface area contributed by atoms with Crippen LogP contribution in [-0.2, 0) is 15.0 Å². The normalized spacial score (nSPS) is 14.1. The van der Waals surface area contributed by atoms with E-state index in [1.807, 2.05) is 6.92 Å². The number of nitrogens with one attached hydrogen (secondary N) is 2. The number of carboxylic acid groups (broad SMARTS) is 1. The summed E-state index contributed by atoms with van der Waals surface area (Å²) < 4.78 is 27.0. The summed E-state index contributed by atoms with van der Waals surface area (Å²) in [6.07, 6.45) is 0.653. The van der Waals surface area contributed by atoms with Gasteiger partial charge in [0, 0.05) is 6.54 Å². The molecule has 6 nitrogen and oxygen atoms in total. The van der Waals surface area contributed by atoms with Gasteiger partial charge in [-0.2, -0.15) is 13.1 Å². The van der Waals surface area contributed by atoms with Crippen LogP contribution in [0.25, 0.3) is 0 Å². The highest BCUT2D eigenvalue weighted by molar-refractivity contribution is 7.87. The maximum absolute atomic E-state index is 11.3. The predicted octanol–water partition coefficient (Wildman–Crippen LogP) is -0.0704. The van der Waals surface area contributed by atoms with Crippen molar-refractivity contribution in [3.8, 4) is 0 Å². The van der Waals surface area contributed by atoms with Crippen LogP contribution in [-0.4, -0.2) is 32.1 Å². The molecule has 0 aromatic heterocycles. The van der Waals surface area contributed by atoms with E-state index >= 15 is 0 Å². The third kappa shape index (κ3) is 5.71. The molecule has 0 saturated heterocycles. The van der Waals surface area contributed by atoms with Crippen LogP contribution in [0.4, 0.5) is 0 Å². The van der Waals surface area contributed by atoms with Gasteiger partial charge in [0.05, 0.1) is 0 Å². The summed E-state index contributed by atoms with van der Waals surface area (Å²) in [4.78, 5) is 10.7. The molecule has 0 radical (unpaired) electrons. The lowest BCUT2D eigenvalue weighted by Gasteiger charge is -2.17. The largest absolute Gasteiger partial charge is 0.480 e. The predicted molar refractivity (Wildman–Crippen MR) is 56.6 cm³/mol. The van der Waals surface area contributed by atoms with Gasteiger partial charge in [0.15, 0.2) is 0 Å². The van der Waals surface area contributed by atoms with Crippen molar-refractivity contribution in [2.24, 2.45) is 5.92 Å². The van der Waals surface area contributed by atoms with Crippen molar-refractivity contribution in [3.05, 3.63) is 0 Å². The first-order valence-electron chi connectivity index (χ1n) is 4.80. The number of carbonyl (C=O) groups is 1. The molecule has 0 aliphatic carbocycles. The Balaban J connectivity index is 4.46. The number of hydrogen-bond donors (Lipinski definition) is 3. The Morgan fingerprint density at radius 1 is 1.40 bits per heavy atom. The molecule has 0 aliphatic heterocycles. The molecule has 3 N–H and O–H groups in total. The summed E-state index contributed by atoms with van der Waals surface area (Å²) in [5.74, 6) is -1.48. The second kappa shape index (κ2) is 6.04. The third-order valence-corrected chi connectivity index (χ3v) is 2.91. The zero-order valence-corrected chi connectivity index (χ0v) is 9.97. The molecule has 90 valence electrons. The highest BCUT2D eigenvalue weighted by Crippen LogP contribution is 2.02. The molecule has 0 bridgehead atoms. The smallest absolute Gasteiger partial charge is 0.322 e. The van der Waals surface area contributed by atoms with E-state index in [1.165, 1.54) is 0 Å². The van der Waals surface area contributed by atoms with Gasteiger partial charge in [0.1, 0.15) is 6.04 Å². The Kier molecular flexibility index (Phi) is 5.77. The van der Waals surface area contributed by atoms with Crippen LogP contribution < -0.4 is 9.44 Å². The van der Waals surface area contributed by atoms with Crippen molar-refractivity contribution in [2.75, 3.05) is 6.54 Å². The van der Waals surface area contributed by atoms with E-state index in [0.717, 1.165) is 0 Å². The van der Waals surface area contributed by atoms with E-state index < -0.39 is 22.2 Å². The Morgan fingerprint density at radius 3 is 2.27 bits per heavy atom. The van der Waals surface area contributed by atoms with Crippen LogP contribution in [0, 0.1) is 5.92 Å². The quantitative estimate of drug-likeness (QED) is 0.578. The van der Waals surface area contributed by atoms with E-state index in [9.17, 15) is 13.2 Å². The van der Waals surface area contributed by atoms with Crippen molar-refractivity contribution in [3.63, 3.8) is 0 Å². The standard InChI is InChI=1S/C8H18N2O4S/c1-4-5-9-15(13,14)10-7(6(2)3)8(11)12/h6-7,9-10H,4-5H2,1-3H3,(H,11,12). The molecule has 0 aliphatic rings. The van der Waals surface area contributed by atoms with Crippen LogP contribution in [0.1, 0.15) is 27.2 Å². The lowest BCUT2D eigenvalue weighted by molar-refractivity contribution is -0.140. The molecule has 0 rings (SSSR count). The molecule has 7 heteroatoms. The van der Waals surface area contributed by atoms with Crippen molar-refractivity contribution in [1.82, 2.24) is 9.44 Å². The zero-order valence-electron chi connectivity index (χ0n) is 9.15. The first-order chi connectivity index (χ1) is 6.80. The summed E-state index contributed by atoms with van der Waals surface area (Å²) >= 11 is 0. The topological polar surface area (TPSA) is 95.5 Å².